The van der Waals surface area contributed by atoms with Gasteiger partial charge in [-0.2, -0.15) is 0 Å². The van der Waals surface area contributed by atoms with E-state index < -0.39 is 0 Å². The van der Waals surface area contributed by atoms with Gasteiger partial charge in [-0.1, -0.05) is 68.4 Å². The quantitative estimate of drug-likeness (QED) is 0.372. The largest absolute Gasteiger partial charge is 0.264 e. The van der Waals surface area contributed by atoms with Gasteiger partial charge in [0.1, 0.15) is 0 Å². The maximum absolute atomic E-state index is 4.37. The molecule has 1 aliphatic rings. The van der Waals surface area contributed by atoms with Crippen molar-refractivity contribution in [3.05, 3.63) is 89.7 Å². The van der Waals surface area contributed by atoms with Gasteiger partial charge in [0.15, 0.2) is 0 Å². The molecule has 0 bridgehead atoms. The van der Waals surface area contributed by atoms with Gasteiger partial charge < -0.3 is 0 Å². The van der Waals surface area contributed by atoms with E-state index in [1.165, 1.54) is 32.7 Å². The van der Waals surface area contributed by atoms with E-state index in [0.717, 1.165) is 12.8 Å². The number of aromatic nitrogens is 1. The molecule has 0 amide bonds. The molecule has 128 valence electrons. The zero-order valence-corrected chi connectivity index (χ0v) is 15.4. The van der Waals surface area contributed by atoms with E-state index in [4.69, 9.17) is 0 Å². The first-order valence-corrected chi connectivity index (χ1v) is 9.46. The minimum absolute atomic E-state index is 0.218. The highest BCUT2D eigenvalue weighted by Gasteiger charge is 2.36. The molecule has 1 aliphatic carbocycles. The maximum Gasteiger partial charge on any atom is 0.0303 e. The smallest absolute Gasteiger partial charge is 0.0303 e. The van der Waals surface area contributed by atoms with Crippen LogP contribution in [0.3, 0.4) is 0 Å². The lowest BCUT2D eigenvalue weighted by Gasteiger charge is -2.40. The number of fused-ring (bicyclic) bond motifs is 5. The van der Waals surface area contributed by atoms with Gasteiger partial charge >= 0.3 is 0 Å². The first kappa shape index (κ1) is 15.6. The second-order valence-corrected chi connectivity index (χ2v) is 8.29. The maximum atomic E-state index is 4.37. The fraction of sp³-hybridized carbons (Fsp3) is 0.240. The first-order chi connectivity index (χ1) is 12.6. The van der Waals surface area contributed by atoms with Gasteiger partial charge in [0.25, 0.3) is 0 Å². The van der Waals surface area contributed by atoms with Crippen LogP contribution in [0.4, 0.5) is 0 Å². The lowest BCUT2D eigenvalue weighted by Crippen LogP contribution is -2.31. The van der Waals surface area contributed by atoms with Crippen LogP contribution in [0.25, 0.3) is 21.5 Å². The Hall–Kier alpha value is -2.67. The molecule has 1 atom stereocenters. The Morgan fingerprint density at radius 2 is 1.69 bits per heavy atom. The third kappa shape index (κ3) is 2.34. The molecular weight excluding hydrogens is 314 g/mol. The summed E-state index contributed by atoms with van der Waals surface area (Å²) in [6, 6.07) is 22.3. The Bertz CT molecular complexity index is 1110. The summed E-state index contributed by atoms with van der Waals surface area (Å²) < 4.78 is 0. The second kappa shape index (κ2) is 5.67. The second-order valence-electron chi connectivity index (χ2n) is 8.29. The number of nitrogens with zero attached hydrogens (tertiary/aromatic N) is 1. The standard InChI is InChI=1S/C25H23N/c1-25(2)15-23-18(14-24(25)19-7-5-13-26-16-19)10-12-21-20-8-4-3-6-17(20)9-11-22(21)23/h3-13,16,24H,14-15H2,1-2H3. The SMILES string of the molecule is CC1(C)Cc2c(ccc3c2ccc2ccccc23)CC1c1cccnc1. The van der Waals surface area contributed by atoms with Gasteiger partial charge in [0.2, 0.25) is 0 Å². The van der Waals surface area contributed by atoms with Crippen LogP contribution in [-0.4, -0.2) is 4.98 Å². The third-order valence-corrected chi connectivity index (χ3v) is 6.22. The van der Waals surface area contributed by atoms with E-state index in [1.807, 2.05) is 12.4 Å². The minimum Gasteiger partial charge on any atom is -0.264 e. The average molecular weight is 337 g/mol. The van der Waals surface area contributed by atoms with E-state index in [2.05, 4.69) is 79.5 Å². The number of benzene rings is 3. The molecule has 1 heteroatoms. The molecule has 26 heavy (non-hydrogen) atoms. The number of hydrogen-bond donors (Lipinski definition) is 0. The van der Waals surface area contributed by atoms with Gasteiger partial charge in [0, 0.05) is 12.4 Å². The predicted molar refractivity (Wildman–Crippen MR) is 110 cm³/mol. The molecular formula is C25H23N. The Morgan fingerprint density at radius 1 is 0.846 bits per heavy atom. The molecule has 0 N–H and O–H groups in total. The van der Waals surface area contributed by atoms with Gasteiger partial charge in [0.05, 0.1) is 0 Å². The van der Waals surface area contributed by atoms with Crippen molar-refractivity contribution in [3.8, 4) is 0 Å². The Labute approximate surface area is 154 Å². The number of hydrogen-bond acceptors (Lipinski definition) is 1. The molecule has 0 saturated heterocycles. The van der Waals surface area contributed by atoms with Gasteiger partial charge in [-0.05, 0) is 68.5 Å². The van der Waals surface area contributed by atoms with Crippen LogP contribution in [0.1, 0.15) is 36.5 Å². The highest BCUT2D eigenvalue weighted by atomic mass is 14.6. The molecule has 5 rings (SSSR count). The van der Waals surface area contributed by atoms with E-state index in [0.29, 0.717) is 5.92 Å². The van der Waals surface area contributed by atoms with Crippen molar-refractivity contribution >= 4 is 21.5 Å². The van der Waals surface area contributed by atoms with Crippen LogP contribution in [0.2, 0.25) is 0 Å². The Balaban J connectivity index is 1.70. The lowest BCUT2D eigenvalue weighted by molar-refractivity contribution is 0.264. The van der Waals surface area contributed by atoms with Crippen molar-refractivity contribution in [3.63, 3.8) is 0 Å². The molecule has 0 aliphatic heterocycles. The summed E-state index contributed by atoms with van der Waals surface area (Å²) in [6.45, 7) is 4.82. The minimum atomic E-state index is 0.218. The van der Waals surface area contributed by atoms with Crippen LogP contribution in [0, 0.1) is 5.41 Å². The topological polar surface area (TPSA) is 12.9 Å². The number of pyridine rings is 1. The normalized spacial score (nSPS) is 18.8. The fourth-order valence-electron chi connectivity index (χ4n) is 4.82. The summed E-state index contributed by atoms with van der Waals surface area (Å²) in [6.07, 6.45) is 6.12. The summed E-state index contributed by atoms with van der Waals surface area (Å²) in [4.78, 5) is 4.37. The van der Waals surface area contributed by atoms with Gasteiger partial charge in [-0.3, -0.25) is 4.98 Å². The van der Waals surface area contributed by atoms with Crippen molar-refractivity contribution in [2.45, 2.75) is 32.6 Å². The van der Waals surface area contributed by atoms with Crippen LogP contribution in [0.5, 0.6) is 0 Å². The monoisotopic (exact) mass is 337 g/mol. The summed E-state index contributed by atoms with van der Waals surface area (Å²) in [5.74, 6) is 0.515. The summed E-state index contributed by atoms with van der Waals surface area (Å²) in [5, 5.41) is 5.50. The molecule has 0 fully saturated rings. The number of rotatable bonds is 1. The van der Waals surface area contributed by atoms with E-state index in [1.54, 1.807) is 5.56 Å². The van der Waals surface area contributed by atoms with Crippen molar-refractivity contribution in [1.29, 1.82) is 0 Å². The molecule has 1 aromatic heterocycles. The van der Waals surface area contributed by atoms with Gasteiger partial charge in [-0.15, -0.1) is 0 Å². The average Bonchev–Trinajstić information content (AvgIpc) is 2.67. The van der Waals surface area contributed by atoms with E-state index in [-0.39, 0.29) is 5.41 Å². The molecule has 1 heterocycles. The molecule has 0 radical (unpaired) electrons. The zero-order valence-electron chi connectivity index (χ0n) is 15.4. The third-order valence-electron chi connectivity index (χ3n) is 6.22. The van der Waals surface area contributed by atoms with Crippen molar-refractivity contribution < 1.29 is 0 Å². The van der Waals surface area contributed by atoms with Crippen LogP contribution in [0.15, 0.2) is 73.1 Å². The van der Waals surface area contributed by atoms with Crippen LogP contribution < -0.4 is 0 Å². The summed E-state index contributed by atoms with van der Waals surface area (Å²) in [7, 11) is 0. The van der Waals surface area contributed by atoms with Crippen molar-refractivity contribution in [2.75, 3.05) is 0 Å². The van der Waals surface area contributed by atoms with Crippen molar-refractivity contribution in [1.82, 2.24) is 4.98 Å². The van der Waals surface area contributed by atoms with Crippen LogP contribution >= 0.6 is 0 Å². The predicted octanol–water partition coefficient (Wildman–Crippen LogP) is 6.30. The summed E-state index contributed by atoms with van der Waals surface area (Å²) in [5.41, 5.74) is 4.62. The fourth-order valence-corrected chi connectivity index (χ4v) is 4.82. The molecule has 4 aromatic rings. The molecule has 0 saturated carbocycles. The molecule has 0 spiro atoms. The molecule has 1 unspecified atom stereocenters. The van der Waals surface area contributed by atoms with Gasteiger partial charge in [-0.25, -0.2) is 0 Å². The molecule has 3 aromatic carbocycles. The highest BCUT2D eigenvalue weighted by Crippen LogP contribution is 2.47. The van der Waals surface area contributed by atoms with E-state index >= 15 is 0 Å². The van der Waals surface area contributed by atoms with Crippen LogP contribution in [-0.2, 0) is 12.8 Å². The van der Waals surface area contributed by atoms with E-state index in [9.17, 15) is 0 Å². The lowest BCUT2D eigenvalue weighted by atomic mass is 9.64. The Morgan fingerprint density at radius 3 is 2.54 bits per heavy atom. The first-order valence-electron chi connectivity index (χ1n) is 9.46. The zero-order chi connectivity index (χ0) is 17.7. The summed E-state index contributed by atoms with van der Waals surface area (Å²) >= 11 is 0. The van der Waals surface area contributed by atoms with Crippen molar-refractivity contribution in [2.24, 2.45) is 5.41 Å². The highest BCUT2D eigenvalue weighted by molar-refractivity contribution is 6.08. The Kier molecular flexibility index (Phi) is 3.40. The molecule has 1 nitrogen and oxygen atoms in total.